The van der Waals surface area contributed by atoms with E-state index in [-0.39, 0.29) is 11.3 Å². The number of nitrogens with one attached hydrogen (secondary N) is 1. The number of unbranched alkanes of at least 4 members (excludes halogenated alkanes) is 1. The van der Waals surface area contributed by atoms with Crippen molar-refractivity contribution in [3.8, 4) is 28.0 Å². The molecule has 1 amide bonds. The smallest absolute Gasteiger partial charge is 0.337 e. The molecule has 176 valence electrons. The fourth-order valence-corrected chi connectivity index (χ4v) is 3.71. The van der Waals surface area contributed by atoms with Crippen LogP contribution in [0.3, 0.4) is 0 Å². The number of pyridine rings is 1. The highest BCUT2D eigenvalue weighted by Gasteiger charge is 2.19. The van der Waals surface area contributed by atoms with Crippen molar-refractivity contribution in [3.05, 3.63) is 102 Å². The minimum absolute atomic E-state index is 0.00916. The summed E-state index contributed by atoms with van der Waals surface area (Å²) < 4.78 is 5.91. The van der Waals surface area contributed by atoms with Crippen LogP contribution in [-0.4, -0.2) is 28.6 Å². The Morgan fingerprint density at radius 3 is 2.31 bits per heavy atom. The summed E-state index contributed by atoms with van der Waals surface area (Å²) in [4.78, 5) is 29.5. The molecule has 6 nitrogen and oxygen atoms in total. The van der Waals surface area contributed by atoms with E-state index in [1.165, 1.54) is 6.07 Å². The monoisotopic (exact) mass is 466 g/mol. The van der Waals surface area contributed by atoms with Crippen LogP contribution in [0.5, 0.6) is 5.75 Å². The van der Waals surface area contributed by atoms with E-state index in [9.17, 15) is 14.7 Å². The number of carboxylic acids is 1. The molecule has 3 aromatic carbocycles. The minimum atomic E-state index is -1.12. The van der Waals surface area contributed by atoms with Gasteiger partial charge in [0.05, 0.1) is 23.4 Å². The number of rotatable bonds is 9. The Labute approximate surface area is 204 Å². The molecular weight excluding hydrogens is 440 g/mol. The van der Waals surface area contributed by atoms with Crippen molar-refractivity contribution in [2.45, 2.75) is 19.8 Å². The molecule has 35 heavy (non-hydrogen) atoms. The van der Waals surface area contributed by atoms with Gasteiger partial charge in [-0.2, -0.15) is 0 Å². The quantitative estimate of drug-likeness (QED) is 0.273. The van der Waals surface area contributed by atoms with Gasteiger partial charge >= 0.3 is 5.97 Å². The van der Waals surface area contributed by atoms with E-state index in [0.29, 0.717) is 17.9 Å². The molecule has 1 heterocycles. The van der Waals surface area contributed by atoms with Crippen molar-refractivity contribution < 1.29 is 19.4 Å². The Morgan fingerprint density at radius 1 is 0.857 bits per heavy atom. The zero-order chi connectivity index (χ0) is 24.6. The van der Waals surface area contributed by atoms with Crippen LogP contribution in [-0.2, 0) is 0 Å². The number of benzene rings is 3. The molecule has 0 spiro atoms. The second kappa shape index (κ2) is 11.1. The van der Waals surface area contributed by atoms with E-state index >= 15 is 0 Å². The first-order valence-electron chi connectivity index (χ1n) is 11.5. The number of anilines is 1. The lowest BCUT2D eigenvalue weighted by Gasteiger charge is -2.15. The molecule has 4 aromatic rings. The molecule has 0 bridgehead atoms. The Balaban J connectivity index is 1.72. The van der Waals surface area contributed by atoms with Gasteiger partial charge in [0.1, 0.15) is 5.75 Å². The largest absolute Gasteiger partial charge is 0.493 e. The lowest BCUT2D eigenvalue weighted by atomic mass is 10.0. The first-order valence-corrected chi connectivity index (χ1v) is 11.5. The number of nitrogens with zero attached hydrogens (tertiary/aromatic N) is 1. The van der Waals surface area contributed by atoms with Crippen LogP contribution in [0.15, 0.2) is 91.3 Å². The predicted octanol–water partition coefficient (Wildman–Crippen LogP) is 6.55. The SMILES string of the molecule is CCCCOc1ccc(-c2cccnc2)cc1C(=O)Nc1cc(-c2ccccc2)ccc1C(=O)O. The molecule has 0 unspecified atom stereocenters. The van der Waals surface area contributed by atoms with Gasteiger partial charge in [-0.15, -0.1) is 0 Å². The van der Waals surface area contributed by atoms with Gasteiger partial charge < -0.3 is 15.2 Å². The van der Waals surface area contributed by atoms with Gasteiger partial charge in [-0.05, 0) is 53.4 Å². The number of aromatic carboxylic acids is 1. The Morgan fingerprint density at radius 2 is 1.60 bits per heavy atom. The van der Waals surface area contributed by atoms with Crippen LogP contribution in [0, 0.1) is 0 Å². The number of carboxylic acid groups (broad SMARTS) is 1. The molecule has 4 rings (SSSR count). The highest BCUT2D eigenvalue weighted by Crippen LogP contribution is 2.30. The number of ether oxygens (including phenoxy) is 1. The molecular formula is C29H26N2O4. The Bertz CT molecular complexity index is 1320. The van der Waals surface area contributed by atoms with Gasteiger partial charge in [-0.1, -0.05) is 61.9 Å². The highest BCUT2D eigenvalue weighted by atomic mass is 16.5. The average molecular weight is 467 g/mol. The third-order valence-corrected chi connectivity index (χ3v) is 5.58. The number of amides is 1. The molecule has 0 fully saturated rings. The van der Waals surface area contributed by atoms with E-state index < -0.39 is 11.9 Å². The van der Waals surface area contributed by atoms with Crippen LogP contribution < -0.4 is 10.1 Å². The molecule has 0 saturated carbocycles. The molecule has 0 saturated heterocycles. The highest BCUT2D eigenvalue weighted by molar-refractivity contribution is 6.10. The molecule has 0 aliphatic carbocycles. The van der Waals surface area contributed by atoms with Crippen LogP contribution in [0.2, 0.25) is 0 Å². The maximum atomic E-state index is 13.5. The molecule has 6 heteroatoms. The van der Waals surface area contributed by atoms with Crippen molar-refractivity contribution in [1.29, 1.82) is 0 Å². The number of carbonyl (C=O) groups excluding carboxylic acids is 1. The Hall–Kier alpha value is -4.45. The Kier molecular flexibility index (Phi) is 7.53. The van der Waals surface area contributed by atoms with Gasteiger partial charge in [0.2, 0.25) is 0 Å². The molecule has 0 aliphatic heterocycles. The van der Waals surface area contributed by atoms with Crippen molar-refractivity contribution >= 4 is 17.6 Å². The van der Waals surface area contributed by atoms with Gasteiger partial charge in [0.25, 0.3) is 5.91 Å². The standard InChI is InChI=1S/C29H26N2O4/c1-2-3-16-35-27-14-12-21(23-10-7-15-30-19-23)17-25(27)28(32)31-26-18-22(11-13-24(26)29(33)34)20-8-5-4-6-9-20/h4-15,17-19H,2-3,16H2,1H3,(H,31,32)(H,33,34). The average Bonchev–Trinajstić information content (AvgIpc) is 2.89. The minimum Gasteiger partial charge on any atom is -0.493 e. The lowest BCUT2D eigenvalue weighted by Crippen LogP contribution is -2.16. The summed E-state index contributed by atoms with van der Waals surface area (Å²) in [6.45, 7) is 2.54. The first-order chi connectivity index (χ1) is 17.1. The van der Waals surface area contributed by atoms with E-state index in [1.807, 2.05) is 48.5 Å². The second-order valence-electron chi connectivity index (χ2n) is 8.04. The van der Waals surface area contributed by atoms with Crippen molar-refractivity contribution in [2.75, 3.05) is 11.9 Å². The van der Waals surface area contributed by atoms with Crippen molar-refractivity contribution in [3.63, 3.8) is 0 Å². The molecule has 0 aliphatic rings. The molecule has 1 aromatic heterocycles. The molecule has 0 atom stereocenters. The van der Waals surface area contributed by atoms with E-state index in [2.05, 4.69) is 17.2 Å². The third kappa shape index (κ3) is 5.73. The zero-order valence-electron chi connectivity index (χ0n) is 19.4. The summed E-state index contributed by atoms with van der Waals surface area (Å²) in [6, 6.07) is 23.6. The molecule has 0 radical (unpaired) electrons. The summed E-state index contributed by atoms with van der Waals surface area (Å²) >= 11 is 0. The van der Waals surface area contributed by atoms with Gasteiger partial charge in [-0.3, -0.25) is 9.78 Å². The maximum absolute atomic E-state index is 13.5. The maximum Gasteiger partial charge on any atom is 0.337 e. The molecule has 2 N–H and O–H groups in total. The van der Waals surface area contributed by atoms with E-state index in [1.54, 1.807) is 36.7 Å². The topological polar surface area (TPSA) is 88.5 Å². The number of aromatic nitrogens is 1. The number of hydrogen-bond donors (Lipinski definition) is 2. The summed E-state index contributed by atoms with van der Waals surface area (Å²) in [5.41, 5.74) is 3.94. The van der Waals surface area contributed by atoms with Crippen LogP contribution in [0.25, 0.3) is 22.3 Å². The summed E-state index contributed by atoms with van der Waals surface area (Å²) in [6.07, 6.45) is 5.23. The van der Waals surface area contributed by atoms with Gasteiger partial charge in [0.15, 0.2) is 0 Å². The summed E-state index contributed by atoms with van der Waals surface area (Å²) in [7, 11) is 0. The van der Waals surface area contributed by atoms with Crippen molar-refractivity contribution in [1.82, 2.24) is 4.98 Å². The van der Waals surface area contributed by atoms with Crippen LogP contribution >= 0.6 is 0 Å². The normalized spacial score (nSPS) is 10.5. The van der Waals surface area contributed by atoms with Gasteiger partial charge in [-0.25, -0.2) is 4.79 Å². The van der Waals surface area contributed by atoms with Crippen molar-refractivity contribution in [2.24, 2.45) is 0 Å². The second-order valence-corrected chi connectivity index (χ2v) is 8.04. The third-order valence-electron chi connectivity index (χ3n) is 5.58. The van der Waals surface area contributed by atoms with Crippen LogP contribution in [0.1, 0.15) is 40.5 Å². The van der Waals surface area contributed by atoms with Gasteiger partial charge in [0, 0.05) is 18.0 Å². The zero-order valence-corrected chi connectivity index (χ0v) is 19.4. The van der Waals surface area contributed by atoms with E-state index in [0.717, 1.165) is 35.1 Å². The fraction of sp³-hybridized carbons (Fsp3) is 0.138. The van der Waals surface area contributed by atoms with E-state index in [4.69, 9.17) is 4.74 Å². The summed E-state index contributed by atoms with van der Waals surface area (Å²) in [5.74, 6) is -1.13. The first kappa shape index (κ1) is 23.7. The predicted molar refractivity (Wildman–Crippen MR) is 137 cm³/mol. The number of carbonyl (C=O) groups is 2. The number of hydrogen-bond acceptors (Lipinski definition) is 4. The fourth-order valence-electron chi connectivity index (χ4n) is 3.71. The lowest BCUT2D eigenvalue weighted by molar-refractivity contribution is 0.0698. The van der Waals surface area contributed by atoms with Crippen LogP contribution in [0.4, 0.5) is 5.69 Å². The summed E-state index contributed by atoms with van der Waals surface area (Å²) in [5, 5.41) is 12.5.